The highest BCUT2D eigenvalue weighted by Crippen LogP contribution is 2.23. The van der Waals surface area contributed by atoms with Crippen molar-refractivity contribution in [3.63, 3.8) is 0 Å². The Morgan fingerprint density at radius 3 is 2.54 bits per heavy atom. The molecule has 1 heterocycles. The van der Waals surface area contributed by atoms with E-state index in [0.29, 0.717) is 29.5 Å². The van der Waals surface area contributed by atoms with Crippen molar-refractivity contribution in [3.05, 3.63) is 95.0 Å². The zero-order valence-corrected chi connectivity index (χ0v) is 20.3. The average molecular weight is 494 g/mol. The topological polar surface area (TPSA) is 56.2 Å². The summed E-state index contributed by atoms with van der Waals surface area (Å²) in [5.41, 5.74) is 2.60. The lowest BCUT2D eigenvalue weighted by Gasteiger charge is -2.11. The van der Waals surface area contributed by atoms with Gasteiger partial charge in [-0.3, -0.25) is 4.79 Å². The number of ether oxygens (including phenoxy) is 1. The van der Waals surface area contributed by atoms with E-state index in [1.165, 1.54) is 24.3 Å². The SMILES string of the molecule is O=C(NCCCCCc1nc2ccccc2n1CCCOc1ccccc1Cl)c1ccc(F)cc1. The zero-order valence-electron chi connectivity index (χ0n) is 19.6. The minimum atomic E-state index is -0.347. The number of para-hydroxylation sites is 3. The monoisotopic (exact) mass is 493 g/mol. The van der Waals surface area contributed by atoms with Crippen LogP contribution in [0, 0.1) is 5.82 Å². The van der Waals surface area contributed by atoms with E-state index < -0.39 is 0 Å². The highest BCUT2D eigenvalue weighted by Gasteiger charge is 2.11. The Morgan fingerprint density at radius 1 is 0.943 bits per heavy atom. The third kappa shape index (κ3) is 6.83. The number of nitrogens with one attached hydrogen (secondary N) is 1. The van der Waals surface area contributed by atoms with Crippen LogP contribution in [0.1, 0.15) is 41.9 Å². The van der Waals surface area contributed by atoms with Gasteiger partial charge in [-0.25, -0.2) is 9.37 Å². The van der Waals surface area contributed by atoms with E-state index in [1.807, 2.05) is 42.5 Å². The summed E-state index contributed by atoms with van der Waals surface area (Å²) in [6, 6.07) is 21.3. The molecule has 3 aromatic carbocycles. The molecule has 0 bridgehead atoms. The van der Waals surface area contributed by atoms with Gasteiger partial charge in [0.1, 0.15) is 17.4 Å². The molecule has 4 aromatic rings. The molecule has 0 atom stereocenters. The molecule has 35 heavy (non-hydrogen) atoms. The largest absolute Gasteiger partial charge is 0.492 e. The number of unbranched alkanes of at least 4 members (excludes halogenated alkanes) is 2. The normalized spacial score (nSPS) is 11.0. The first kappa shape index (κ1) is 24.7. The molecule has 0 spiro atoms. The summed E-state index contributed by atoms with van der Waals surface area (Å²) in [5.74, 6) is 1.25. The van der Waals surface area contributed by atoms with Crippen LogP contribution in [0.5, 0.6) is 5.75 Å². The molecule has 182 valence electrons. The van der Waals surface area contributed by atoms with Gasteiger partial charge in [0.15, 0.2) is 0 Å². The van der Waals surface area contributed by atoms with E-state index in [2.05, 4.69) is 16.0 Å². The lowest BCUT2D eigenvalue weighted by molar-refractivity contribution is 0.0953. The standard InChI is InChI=1S/C28H29ClFN3O2/c29-23-9-3-6-12-26(23)35-20-8-19-33-25-11-5-4-10-24(25)32-27(33)13-2-1-7-18-31-28(34)21-14-16-22(30)17-15-21/h3-6,9-12,14-17H,1-2,7-8,13,18-20H2,(H,31,34). The second-order valence-corrected chi connectivity index (χ2v) is 8.78. The van der Waals surface area contributed by atoms with E-state index in [4.69, 9.17) is 21.3 Å². The van der Waals surface area contributed by atoms with Crippen molar-refractivity contribution in [2.75, 3.05) is 13.2 Å². The Bertz CT molecular complexity index is 1260. The fraction of sp³-hybridized carbons (Fsp3) is 0.286. The van der Waals surface area contributed by atoms with E-state index in [1.54, 1.807) is 0 Å². The van der Waals surface area contributed by atoms with E-state index in [9.17, 15) is 9.18 Å². The van der Waals surface area contributed by atoms with Crippen molar-refractivity contribution in [1.29, 1.82) is 0 Å². The molecule has 1 N–H and O–H groups in total. The summed E-state index contributed by atoms with van der Waals surface area (Å²) in [4.78, 5) is 17.0. The van der Waals surface area contributed by atoms with Crippen LogP contribution in [0.4, 0.5) is 4.39 Å². The van der Waals surface area contributed by atoms with Gasteiger partial charge in [-0.15, -0.1) is 0 Å². The number of hydrogen-bond acceptors (Lipinski definition) is 3. The van der Waals surface area contributed by atoms with Gasteiger partial charge in [-0.05, 0) is 67.8 Å². The highest BCUT2D eigenvalue weighted by atomic mass is 35.5. The Hall–Kier alpha value is -3.38. The number of carbonyl (C=O) groups excluding carboxylic acids is 1. The predicted octanol–water partition coefficient (Wildman–Crippen LogP) is 6.44. The molecule has 4 rings (SSSR count). The number of carbonyl (C=O) groups is 1. The van der Waals surface area contributed by atoms with Crippen LogP contribution in [0.25, 0.3) is 11.0 Å². The molecule has 1 aromatic heterocycles. The third-order valence-corrected chi connectivity index (χ3v) is 6.14. The van der Waals surface area contributed by atoms with Crippen LogP contribution >= 0.6 is 11.6 Å². The summed E-state index contributed by atoms with van der Waals surface area (Å²) in [6.45, 7) is 1.98. The minimum Gasteiger partial charge on any atom is -0.492 e. The number of imidazole rings is 1. The van der Waals surface area contributed by atoms with Crippen LogP contribution in [-0.4, -0.2) is 28.6 Å². The number of nitrogens with zero attached hydrogens (tertiary/aromatic N) is 2. The molecule has 0 unspecified atom stereocenters. The van der Waals surface area contributed by atoms with Crippen LogP contribution in [-0.2, 0) is 13.0 Å². The number of benzene rings is 3. The molecule has 0 aliphatic carbocycles. The van der Waals surface area contributed by atoms with Gasteiger partial charge in [0.05, 0.1) is 22.7 Å². The van der Waals surface area contributed by atoms with E-state index in [0.717, 1.165) is 55.5 Å². The van der Waals surface area contributed by atoms with Crippen molar-refractivity contribution in [2.24, 2.45) is 0 Å². The summed E-state index contributed by atoms with van der Waals surface area (Å²) < 4.78 is 21.1. The van der Waals surface area contributed by atoms with E-state index >= 15 is 0 Å². The Labute approximate surface area is 209 Å². The van der Waals surface area contributed by atoms with Crippen molar-refractivity contribution in [1.82, 2.24) is 14.9 Å². The Kier molecular flexibility index (Phi) is 8.74. The lowest BCUT2D eigenvalue weighted by Crippen LogP contribution is -2.24. The molecular weight excluding hydrogens is 465 g/mol. The van der Waals surface area contributed by atoms with Crippen molar-refractivity contribution in [3.8, 4) is 5.75 Å². The molecule has 0 aliphatic heterocycles. The molecule has 0 fully saturated rings. The number of amides is 1. The summed E-state index contributed by atoms with van der Waals surface area (Å²) >= 11 is 6.18. The van der Waals surface area contributed by atoms with E-state index in [-0.39, 0.29) is 11.7 Å². The number of fused-ring (bicyclic) bond motifs is 1. The van der Waals surface area contributed by atoms with Crippen LogP contribution < -0.4 is 10.1 Å². The first-order chi connectivity index (χ1) is 17.1. The minimum absolute atomic E-state index is 0.175. The van der Waals surface area contributed by atoms with Gasteiger partial charge >= 0.3 is 0 Å². The number of aromatic nitrogens is 2. The second-order valence-electron chi connectivity index (χ2n) is 8.37. The molecule has 1 amide bonds. The Balaban J connectivity index is 1.24. The maximum atomic E-state index is 13.0. The summed E-state index contributed by atoms with van der Waals surface area (Å²) in [7, 11) is 0. The summed E-state index contributed by atoms with van der Waals surface area (Å²) in [6.07, 6.45) is 4.53. The van der Waals surface area contributed by atoms with Crippen LogP contribution in [0.2, 0.25) is 5.02 Å². The zero-order chi connectivity index (χ0) is 24.5. The smallest absolute Gasteiger partial charge is 0.251 e. The Morgan fingerprint density at radius 2 is 1.71 bits per heavy atom. The van der Waals surface area contributed by atoms with Gasteiger partial charge in [0.2, 0.25) is 0 Å². The lowest BCUT2D eigenvalue weighted by atomic mass is 10.1. The molecule has 0 radical (unpaired) electrons. The molecule has 0 saturated carbocycles. The quantitative estimate of drug-likeness (QED) is 0.231. The fourth-order valence-corrected chi connectivity index (χ4v) is 4.21. The van der Waals surface area contributed by atoms with Gasteiger partial charge in [0.25, 0.3) is 5.91 Å². The number of halogens is 2. The summed E-state index contributed by atoms with van der Waals surface area (Å²) in [5, 5.41) is 3.52. The maximum absolute atomic E-state index is 13.0. The highest BCUT2D eigenvalue weighted by molar-refractivity contribution is 6.32. The molecule has 0 aliphatic rings. The number of hydrogen-bond donors (Lipinski definition) is 1. The van der Waals surface area contributed by atoms with Gasteiger partial charge in [-0.1, -0.05) is 42.3 Å². The number of aryl methyl sites for hydroxylation is 2. The second kappa shape index (κ2) is 12.4. The fourth-order valence-electron chi connectivity index (χ4n) is 4.02. The molecule has 5 nitrogen and oxygen atoms in total. The van der Waals surface area contributed by atoms with Crippen LogP contribution in [0.15, 0.2) is 72.8 Å². The first-order valence-electron chi connectivity index (χ1n) is 12.0. The predicted molar refractivity (Wildman–Crippen MR) is 138 cm³/mol. The molecule has 7 heteroatoms. The van der Waals surface area contributed by atoms with Crippen molar-refractivity contribution >= 4 is 28.5 Å². The van der Waals surface area contributed by atoms with Gasteiger partial charge in [0, 0.05) is 25.1 Å². The molecular formula is C28H29ClFN3O2. The maximum Gasteiger partial charge on any atom is 0.251 e. The average Bonchev–Trinajstić information content (AvgIpc) is 3.22. The van der Waals surface area contributed by atoms with Gasteiger partial charge in [-0.2, -0.15) is 0 Å². The first-order valence-corrected chi connectivity index (χ1v) is 12.3. The van der Waals surface area contributed by atoms with Crippen molar-refractivity contribution in [2.45, 2.75) is 38.6 Å². The molecule has 0 saturated heterocycles. The van der Waals surface area contributed by atoms with Crippen molar-refractivity contribution < 1.29 is 13.9 Å². The van der Waals surface area contributed by atoms with Crippen LogP contribution in [0.3, 0.4) is 0 Å². The third-order valence-electron chi connectivity index (χ3n) is 5.82. The number of rotatable bonds is 12. The van der Waals surface area contributed by atoms with Gasteiger partial charge < -0.3 is 14.6 Å².